The summed E-state index contributed by atoms with van der Waals surface area (Å²) in [7, 11) is 3.28. The van der Waals surface area contributed by atoms with Crippen LogP contribution in [0.15, 0.2) is 36.4 Å². The second-order valence-electron chi connectivity index (χ2n) is 7.40. The topological polar surface area (TPSA) is 38.8 Å². The van der Waals surface area contributed by atoms with Crippen LogP contribution in [0.25, 0.3) is 0 Å². The quantitative estimate of drug-likeness (QED) is 0.784. The number of hydrogen-bond donors (Lipinski definition) is 0. The number of halogens is 1. The molecule has 1 heterocycles. The molecule has 0 saturated heterocycles. The fraction of sp³-hybridized carbons (Fsp3) is 0.409. The van der Waals surface area contributed by atoms with E-state index in [4.69, 9.17) is 21.1 Å². The second-order valence-corrected chi connectivity index (χ2v) is 7.84. The van der Waals surface area contributed by atoms with Crippen LogP contribution < -0.4 is 9.47 Å². The summed E-state index contributed by atoms with van der Waals surface area (Å²) in [6.45, 7) is 1.33. The van der Waals surface area contributed by atoms with E-state index in [0.717, 1.165) is 49.1 Å². The van der Waals surface area contributed by atoms with E-state index in [0.29, 0.717) is 17.3 Å². The minimum Gasteiger partial charge on any atom is -0.493 e. The average molecular weight is 386 g/mol. The van der Waals surface area contributed by atoms with Crippen molar-refractivity contribution in [2.24, 2.45) is 0 Å². The lowest BCUT2D eigenvalue weighted by atomic mass is 9.63. The van der Waals surface area contributed by atoms with Gasteiger partial charge in [-0.2, -0.15) is 0 Å². The number of carbonyl (C=O) groups excluding carboxylic acids is 1. The van der Waals surface area contributed by atoms with Gasteiger partial charge in [-0.1, -0.05) is 30.2 Å². The van der Waals surface area contributed by atoms with E-state index in [1.165, 1.54) is 5.56 Å². The molecule has 1 aliphatic heterocycles. The van der Waals surface area contributed by atoms with Crippen LogP contribution in [0.5, 0.6) is 11.5 Å². The highest BCUT2D eigenvalue weighted by Gasteiger charge is 2.48. The molecular formula is C22H24ClNO3. The first kappa shape index (κ1) is 18.2. The Balaban J connectivity index is 1.62. The van der Waals surface area contributed by atoms with E-state index in [1.807, 2.05) is 41.3 Å². The zero-order valence-electron chi connectivity index (χ0n) is 15.8. The van der Waals surface area contributed by atoms with Crippen molar-refractivity contribution in [2.75, 3.05) is 20.8 Å². The van der Waals surface area contributed by atoms with Gasteiger partial charge in [0.25, 0.3) is 0 Å². The Morgan fingerprint density at radius 1 is 1.07 bits per heavy atom. The zero-order chi connectivity index (χ0) is 19.0. The third-order valence-electron chi connectivity index (χ3n) is 6.00. The van der Waals surface area contributed by atoms with Crippen molar-refractivity contribution in [1.82, 2.24) is 4.90 Å². The molecular weight excluding hydrogens is 362 g/mol. The Hall–Kier alpha value is -2.20. The van der Waals surface area contributed by atoms with E-state index >= 15 is 0 Å². The number of amides is 1. The fourth-order valence-corrected chi connectivity index (χ4v) is 4.49. The lowest BCUT2D eigenvalue weighted by Gasteiger charge is -2.45. The molecule has 0 bridgehead atoms. The number of methoxy groups -OCH3 is 2. The molecule has 0 spiro atoms. The predicted octanol–water partition coefficient (Wildman–Crippen LogP) is 4.36. The monoisotopic (exact) mass is 385 g/mol. The summed E-state index contributed by atoms with van der Waals surface area (Å²) >= 11 is 6.20. The lowest BCUT2D eigenvalue weighted by Crippen LogP contribution is -2.52. The van der Waals surface area contributed by atoms with Crippen LogP contribution >= 0.6 is 11.6 Å². The lowest BCUT2D eigenvalue weighted by molar-refractivity contribution is -0.142. The van der Waals surface area contributed by atoms with Gasteiger partial charge in [0.05, 0.1) is 19.6 Å². The number of ether oxygens (including phenoxy) is 2. The van der Waals surface area contributed by atoms with E-state index < -0.39 is 5.41 Å². The standard InChI is InChI=1S/C22H24ClNO3/c1-26-19-11-15-7-10-24(14-16(15)12-20(19)27-2)21(25)22(8-4-9-22)17-5-3-6-18(23)13-17/h3,5-6,11-13H,4,7-10,14H2,1-2H3. The minimum absolute atomic E-state index is 0.219. The van der Waals surface area contributed by atoms with Gasteiger partial charge in [-0.3, -0.25) is 4.79 Å². The van der Waals surface area contributed by atoms with E-state index in [2.05, 4.69) is 0 Å². The van der Waals surface area contributed by atoms with Crippen LogP contribution in [0.4, 0.5) is 0 Å². The van der Waals surface area contributed by atoms with Crippen molar-refractivity contribution >= 4 is 17.5 Å². The Morgan fingerprint density at radius 3 is 2.37 bits per heavy atom. The third kappa shape index (κ3) is 3.06. The average Bonchev–Trinajstić information content (AvgIpc) is 2.65. The molecule has 4 nitrogen and oxygen atoms in total. The summed E-state index contributed by atoms with van der Waals surface area (Å²) in [5, 5.41) is 0.687. The van der Waals surface area contributed by atoms with Crippen molar-refractivity contribution in [2.45, 2.75) is 37.6 Å². The van der Waals surface area contributed by atoms with Crippen LogP contribution in [0, 0.1) is 0 Å². The molecule has 142 valence electrons. The number of rotatable bonds is 4. The van der Waals surface area contributed by atoms with E-state index in [9.17, 15) is 4.79 Å². The van der Waals surface area contributed by atoms with Crippen molar-refractivity contribution in [3.63, 3.8) is 0 Å². The third-order valence-corrected chi connectivity index (χ3v) is 6.23. The number of benzene rings is 2. The van der Waals surface area contributed by atoms with Gasteiger partial charge in [-0.25, -0.2) is 0 Å². The van der Waals surface area contributed by atoms with E-state index in [1.54, 1.807) is 14.2 Å². The van der Waals surface area contributed by atoms with Gasteiger partial charge in [0, 0.05) is 18.1 Å². The summed E-state index contributed by atoms with van der Waals surface area (Å²) in [6.07, 6.45) is 3.68. The molecule has 5 heteroatoms. The Bertz CT molecular complexity index is 876. The van der Waals surface area contributed by atoms with Crippen molar-refractivity contribution in [3.05, 3.63) is 58.1 Å². The van der Waals surface area contributed by atoms with Crippen LogP contribution in [0.3, 0.4) is 0 Å². The summed E-state index contributed by atoms with van der Waals surface area (Å²) < 4.78 is 10.8. The molecule has 0 radical (unpaired) electrons. The van der Waals surface area contributed by atoms with Crippen molar-refractivity contribution in [1.29, 1.82) is 0 Å². The predicted molar refractivity (Wildman–Crippen MR) is 106 cm³/mol. The molecule has 2 aliphatic rings. The summed E-state index contributed by atoms with van der Waals surface area (Å²) in [6, 6.07) is 11.8. The maximum absolute atomic E-state index is 13.5. The van der Waals surface area contributed by atoms with Crippen LogP contribution in [-0.2, 0) is 23.2 Å². The van der Waals surface area contributed by atoms with Crippen molar-refractivity contribution in [3.8, 4) is 11.5 Å². The fourth-order valence-electron chi connectivity index (χ4n) is 4.30. The highest BCUT2D eigenvalue weighted by molar-refractivity contribution is 6.30. The minimum atomic E-state index is -0.418. The molecule has 0 unspecified atom stereocenters. The smallest absolute Gasteiger partial charge is 0.233 e. The van der Waals surface area contributed by atoms with Crippen molar-refractivity contribution < 1.29 is 14.3 Å². The normalized spacial score (nSPS) is 17.7. The zero-order valence-corrected chi connectivity index (χ0v) is 16.5. The molecule has 2 aromatic rings. The van der Waals surface area contributed by atoms with Crippen LogP contribution in [0.1, 0.15) is 36.0 Å². The van der Waals surface area contributed by atoms with Crippen LogP contribution in [0.2, 0.25) is 5.02 Å². The molecule has 1 amide bonds. The summed E-state index contributed by atoms with van der Waals surface area (Å²) in [4.78, 5) is 15.5. The number of nitrogens with zero attached hydrogens (tertiary/aromatic N) is 1. The van der Waals surface area contributed by atoms with Gasteiger partial charge >= 0.3 is 0 Å². The molecule has 1 saturated carbocycles. The van der Waals surface area contributed by atoms with Gasteiger partial charge < -0.3 is 14.4 Å². The molecule has 2 aromatic carbocycles. The summed E-state index contributed by atoms with van der Waals surface area (Å²) in [5.74, 6) is 1.67. The van der Waals surface area contributed by atoms with Gasteiger partial charge in [0.1, 0.15) is 0 Å². The number of hydrogen-bond acceptors (Lipinski definition) is 3. The Kier molecular flexibility index (Phi) is 4.77. The molecule has 1 fully saturated rings. The van der Waals surface area contributed by atoms with Gasteiger partial charge in [-0.05, 0) is 60.2 Å². The van der Waals surface area contributed by atoms with Gasteiger partial charge in [0.2, 0.25) is 5.91 Å². The first-order valence-electron chi connectivity index (χ1n) is 9.36. The molecule has 1 aliphatic carbocycles. The van der Waals surface area contributed by atoms with E-state index in [-0.39, 0.29) is 5.91 Å². The SMILES string of the molecule is COc1cc2c(cc1OC)CN(C(=O)C1(c3cccc(Cl)c3)CCC1)CC2. The van der Waals surface area contributed by atoms with Gasteiger partial charge in [0.15, 0.2) is 11.5 Å². The molecule has 27 heavy (non-hydrogen) atoms. The molecule has 0 aromatic heterocycles. The first-order valence-corrected chi connectivity index (χ1v) is 9.74. The first-order chi connectivity index (χ1) is 13.1. The second kappa shape index (κ2) is 7.08. The molecule has 0 N–H and O–H groups in total. The van der Waals surface area contributed by atoms with Gasteiger partial charge in [-0.15, -0.1) is 0 Å². The maximum atomic E-state index is 13.5. The summed E-state index contributed by atoms with van der Waals surface area (Å²) in [5.41, 5.74) is 2.98. The Labute approximate surface area is 165 Å². The highest BCUT2D eigenvalue weighted by Crippen LogP contribution is 2.46. The molecule has 0 atom stereocenters. The Morgan fingerprint density at radius 2 is 1.78 bits per heavy atom. The molecule has 4 rings (SSSR count). The van der Waals surface area contributed by atoms with Crippen LogP contribution in [-0.4, -0.2) is 31.6 Å². The number of fused-ring (bicyclic) bond motifs is 1. The maximum Gasteiger partial charge on any atom is 0.233 e. The largest absolute Gasteiger partial charge is 0.493 e. The number of carbonyl (C=O) groups is 1. The highest BCUT2D eigenvalue weighted by atomic mass is 35.5.